The topological polar surface area (TPSA) is 21.3 Å². The van der Waals surface area contributed by atoms with Crippen molar-refractivity contribution in [3.05, 3.63) is 49.0 Å². The van der Waals surface area contributed by atoms with Crippen LogP contribution in [0.3, 0.4) is 0 Å². The third kappa shape index (κ3) is 4.81. The molecule has 114 valence electrons. The van der Waals surface area contributed by atoms with Crippen LogP contribution in [0, 0.1) is 0 Å². The maximum absolute atomic E-state index is 6.05. The molecule has 0 spiro atoms. The highest BCUT2D eigenvalue weighted by Crippen LogP contribution is 2.31. The molecule has 5 heteroatoms. The van der Waals surface area contributed by atoms with Gasteiger partial charge >= 0.3 is 0 Å². The first kappa shape index (κ1) is 17.0. The summed E-state index contributed by atoms with van der Waals surface area (Å²) >= 11 is 8.77. The van der Waals surface area contributed by atoms with Gasteiger partial charge in [0.2, 0.25) is 0 Å². The predicted octanol–water partition coefficient (Wildman–Crippen LogP) is 5.91. The molecule has 0 aliphatic rings. The minimum Gasteiger partial charge on any atom is -0.488 e. The molecule has 1 unspecified atom stereocenters. The fourth-order valence-corrected chi connectivity index (χ4v) is 3.75. The summed E-state index contributed by atoms with van der Waals surface area (Å²) in [5, 5.41) is 5.58. The SMILES string of the molecule is CCCNC(C)c1ccc(Br)cc1OCc1sccc1Br. The van der Waals surface area contributed by atoms with Crippen LogP contribution in [0.5, 0.6) is 5.75 Å². The monoisotopic (exact) mass is 431 g/mol. The van der Waals surface area contributed by atoms with Gasteiger partial charge in [0.05, 0.1) is 4.88 Å². The zero-order valence-electron chi connectivity index (χ0n) is 12.2. The number of hydrogen-bond donors (Lipinski definition) is 1. The van der Waals surface area contributed by atoms with Crippen molar-refractivity contribution in [3.63, 3.8) is 0 Å². The van der Waals surface area contributed by atoms with Gasteiger partial charge in [-0.25, -0.2) is 0 Å². The van der Waals surface area contributed by atoms with E-state index in [0.717, 1.165) is 27.7 Å². The first-order valence-corrected chi connectivity index (χ1v) is 9.46. The summed E-state index contributed by atoms with van der Waals surface area (Å²) in [5.41, 5.74) is 1.19. The van der Waals surface area contributed by atoms with Gasteiger partial charge in [-0.3, -0.25) is 0 Å². The molecule has 21 heavy (non-hydrogen) atoms. The fraction of sp³-hybridized carbons (Fsp3) is 0.375. The third-order valence-corrected chi connectivity index (χ3v) is 5.59. The van der Waals surface area contributed by atoms with Crippen LogP contribution in [-0.4, -0.2) is 6.54 Å². The molecular formula is C16H19Br2NOS. The number of hydrogen-bond acceptors (Lipinski definition) is 3. The van der Waals surface area contributed by atoms with Gasteiger partial charge in [-0.2, -0.15) is 0 Å². The molecule has 2 nitrogen and oxygen atoms in total. The molecule has 0 saturated heterocycles. The van der Waals surface area contributed by atoms with Gasteiger partial charge in [0.15, 0.2) is 0 Å². The molecule has 0 fully saturated rings. The molecule has 0 bridgehead atoms. The Labute approximate surface area is 147 Å². The molecule has 0 radical (unpaired) electrons. The van der Waals surface area contributed by atoms with Gasteiger partial charge in [0, 0.05) is 20.6 Å². The zero-order chi connectivity index (χ0) is 15.2. The Morgan fingerprint density at radius 2 is 2.10 bits per heavy atom. The van der Waals surface area contributed by atoms with Crippen LogP contribution in [-0.2, 0) is 6.61 Å². The minimum absolute atomic E-state index is 0.278. The van der Waals surface area contributed by atoms with Crippen molar-refractivity contribution in [1.82, 2.24) is 5.32 Å². The van der Waals surface area contributed by atoms with Gasteiger partial charge in [0.1, 0.15) is 12.4 Å². The lowest BCUT2D eigenvalue weighted by atomic mass is 10.1. The Hall–Kier alpha value is -0.360. The normalized spacial score (nSPS) is 12.4. The van der Waals surface area contributed by atoms with Gasteiger partial charge < -0.3 is 10.1 Å². The van der Waals surface area contributed by atoms with Crippen molar-refractivity contribution in [2.24, 2.45) is 0 Å². The summed E-state index contributed by atoms with van der Waals surface area (Å²) in [5.74, 6) is 0.931. The molecule has 1 aromatic carbocycles. The quantitative estimate of drug-likeness (QED) is 0.586. The van der Waals surface area contributed by atoms with E-state index in [1.807, 2.05) is 6.07 Å². The van der Waals surface area contributed by atoms with E-state index in [9.17, 15) is 0 Å². The number of halogens is 2. The molecular weight excluding hydrogens is 414 g/mol. The molecule has 2 aromatic rings. The van der Waals surface area contributed by atoms with Crippen LogP contribution in [0.1, 0.15) is 36.8 Å². The van der Waals surface area contributed by atoms with E-state index in [-0.39, 0.29) is 6.04 Å². The Kier molecular flexibility index (Phi) is 6.74. The Balaban J connectivity index is 2.13. The highest BCUT2D eigenvalue weighted by atomic mass is 79.9. The highest BCUT2D eigenvalue weighted by molar-refractivity contribution is 9.10. The zero-order valence-corrected chi connectivity index (χ0v) is 16.1. The maximum atomic E-state index is 6.05. The van der Waals surface area contributed by atoms with E-state index < -0.39 is 0 Å². The number of ether oxygens (including phenoxy) is 1. The number of benzene rings is 1. The molecule has 0 saturated carbocycles. The standard InChI is InChI=1S/C16H19Br2NOS/c1-3-7-19-11(2)13-5-4-12(17)9-15(13)20-10-16-14(18)6-8-21-16/h4-6,8-9,11,19H,3,7,10H2,1-2H3. The summed E-state index contributed by atoms with van der Waals surface area (Å²) < 4.78 is 8.20. The van der Waals surface area contributed by atoms with Crippen LogP contribution in [0.15, 0.2) is 38.6 Å². The van der Waals surface area contributed by atoms with Crippen LogP contribution < -0.4 is 10.1 Å². The van der Waals surface area contributed by atoms with Crippen LogP contribution >= 0.6 is 43.2 Å². The first-order chi connectivity index (χ1) is 10.1. The van der Waals surface area contributed by atoms with Crippen molar-refractivity contribution in [1.29, 1.82) is 0 Å². The van der Waals surface area contributed by atoms with E-state index >= 15 is 0 Å². The Morgan fingerprint density at radius 1 is 1.29 bits per heavy atom. The Morgan fingerprint density at radius 3 is 2.76 bits per heavy atom. The largest absolute Gasteiger partial charge is 0.488 e. The summed E-state index contributed by atoms with van der Waals surface area (Å²) in [7, 11) is 0. The van der Waals surface area contributed by atoms with Gasteiger partial charge in [-0.1, -0.05) is 28.9 Å². The smallest absolute Gasteiger partial charge is 0.125 e. The third-order valence-electron chi connectivity index (χ3n) is 3.19. The van der Waals surface area contributed by atoms with Gasteiger partial charge in [-0.05, 0) is 59.4 Å². The number of thiophene rings is 1. The molecule has 1 N–H and O–H groups in total. The number of nitrogens with one attached hydrogen (secondary N) is 1. The molecule has 0 amide bonds. The summed E-state index contributed by atoms with van der Waals surface area (Å²) in [6.07, 6.45) is 1.12. The van der Waals surface area contributed by atoms with E-state index in [1.54, 1.807) is 11.3 Å². The van der Waals surface area contributed by atoms with Crippen molar-refractivity contribution in [2.75, 3.05) is 6.54 Å². The Bertz CT molecular complexity index is 585. The van der Waals surface area contributed by atoms with Crippen LogP contribution in [0.25, 0.3) is 0 Å². The van der Waals surface area contributed by atoms with Crippen molar-refractivity contribution in [3.8, 4) is 5.75 Å². The van der Waals surface area contributed by atoms with Gasteiger partial charge in [0.25, 0.3) is 0 Å². The molecule has 0 aliphatic carbocycles. The minimum atomic E-state index is 0.278. The van der Waals surface area contributed by atoms with Crippen molar-refractivity contribution >= 4 is 43.2 Å². The highest BCUT2D eigenvalue weighted by Gasteiger charge is 2.12. The fourth-order valence-electron chi connectivity index (χ4n) is 2.03. The second kappa shape index (κ2) is 8.32. The summed E-state index contributed by atoms with van der Waals surface area (Å²) in [4.78, 5) is 1.20. The van der Waals surface area contributed by atoms with Crippen molar-refractivity contribution in [2.45, 2.75) is 32.9 Å². The molecule has 1 heterocycles. The van der Waals surface area contributed by atoms with E-state index in [1.165, 1.54) is 10.4 Å². The van der Waals surface area contributed by atoms with Crippen molar-refractivity contribution < 1.29 is 4.74 Å². The lowest BCUT2D eigenvalue weighted by Gasteiger charge is -2.18. The van der Waals surface area contributed by atoms with Crippen LogP contribution in [0.2, 0.25) is 0 Å². The molecule has 2 rings (SSSR count). The summed E-state index contributed by atoms with van der Waals surface area (Å²) in [6, 6.07) is 8.56. The average Bonchev–Trinajstić information content (AvgIpc) is 2.88. The van der Waals surface area contributed by atoms with Gasteiger partial charge in [-0.15, -0.1) is 11.3 Å². The number of rotatable bonds is 7. The average molecular weight is 433 g/mol. The molecule has 1 atom stereocenters. The lowest BCUT2D eigenvalue weighted by Crippen LogP contribution is -2.20. The van der Waals surface area contributed by atoms with E-state index in [4.69, 9.17) is 4.74 Å². The first-order valence-electron chi connectivity index (χ1n) is 6.99. The predicted molar refractivity (Wildman–Crippen MR) is 97.2 cm³/mol. The molecule has 0 aliphatic heterocycles. The van der Waals surface area contributed by atoms with E-state index in [2.05, 4.69) is 74.6 Å². The second-order valence-corrected chi connectivity index (χ2v) is 7.61. The molecule has 1 aromatic heterocycles. The maximum Gasteiger partial charge on any atom is 0.125 e. The van der Waals surface area contributed by atoms with Crippen LogP contribution in [0.4, 0.5) is 0 Å². The second-order valence-electron chi connectivity index (χ2n) is 4.84. The van der Waals surface area contributed by atoms with E-state index in [0.29, 0.717) is 6.61 Å². The summed E-state index contributed by atoms with van der Waals surface area (Å²) in [6.45, 7) is 5.94. The lowest BCUT2D eigenvalue weighted by molar-refractivity contribution is 0.302.